The van der Waals surface area contributed by atoms with Crippen LogP contribution in [0.15, 0.2) is 0 Å². The molecule has 17 heavy (non-hydrogen) atoms. The molecule has 0 aliphatic heterocycles. The maximum atomic E-state index is 11.9. The number of carboxylic acid groups (broad SMARTS) is 1. The lowest BCUT2D eigenvalue weighted by Gasteiger charge is -2.16. The van der Waals surface area contributed by atoms with Crippen LogP contribution in [0.3, 0.4) is 0 Å². The summed E-state index contributed by atoms with van der Waals surface area (Å²) in [6.07, 6.45) is 1.83. The first-order valence-electron chi connectivity index (χ1n) is 6.15. The molecule has 3 atom stereocenters. The van der Waals surface area contributed by atoms with E-state index < -0.39 is 5.97 Å². The third-order valence-corrected chi connectivity index (χ3v) is 4.26. The van der Waals surface area contributed by atoms with Gasteiger partial charge in [-0.05, 0) is 31.9 Å². The average Bonchev–Trinajstić information content (AvgIpc) is 2.75. The first kappa shape index (κ1) is 14.4. The minimum Gasteiger partial charge on any atom is -0.481 e. The standard InChI is InChI=1S/C12H21NO3S/c1-3-17-7-8(2)13-11(14)9-4-5-10(6-9)12(15)16/h8-10H,3-7H2,1-2H3,(H,13,14)(H,15,16). The Morgan fingerprint density at radius 2 is 2.06 bits per heavy atom. The van der Waals surface area contributed by atoms with Gasteiger partial charge in [-0.25, -0.2) is 0 Å². The molecule has 3 unspecified atom stereocenters. The van der Waals surface area contributed by atoms with E-state index in [-0.39, 0.29) is 23.8 Å². The number of thioether (sulfide) groups is 1. The predicted octanol–water partition coefficient (Wildman–Crippen LogP) is 1.75. The van der Waals surface area contributed by atoms with E-state index in [1.54, 1.807) is 11.8 Å². The van der Waals surface area contributed by atoms with Crippen molar-refractivity contribution >= 4 is 23.6 Å². The zero-order chi connectivity index (χ0) is 12.8. The van der Waals surface area contributed by atoms with E-state index in [9.17, 15) is 9.59 Å². The second-order valence-electron chi connectivity index (χ2n) is 4.61. The van der Waals surface area contributed by atoms with Crippen LogP contribution in [0.25, 0.3) is 0 Å². The Kier molecular flexibility index (Phi) is 5.82. The molecule has 0 heterocycles. The highest BCUT2D eigenvalue weighted by Crippen LogP contribution is 2.31. The van der Waals surface area contributed by atoms with Gasteiger partial charge in [0.05, 0.1) is 5.92 Å². The van der Waals surface area contributed by atoms with Gasteiger partial charge < -0.3 is 10.4 Å². The Hall–Kier alpha value is -0.710. The third-order valence-electron chi connectivity index (χ3n) is 3.11. The molecular weight excluding hydrogens is 238 g/mol. The summed E-state index contributed by atoms with van der Waals surface area (Å²) >= 11 is 1.80. The van der Waals surface area contributed by atoms with Crippen molar-refractivity contribution in [3.8, 4) is 0 Å². The minimum absolute atomic E-state index is 0.0259. The second kappa shape index (κ2) is 6.89. The number of hydrogen-bond donors (Lipinski definition) is 2. The Morgan fingerprint density at radius 1 is 1.41 bits per heavy atom. The summed E-state index contributed by atoms with van der Waals surface area (Å²) in [5, 5.41) is 11.8. The van der Waals surface area contributed by atoms with Gasteiger partial charge in [-0.2, -0.15) is 11.8 Å². The predicted molar refractivity (Wildman–Crippen MR) is 69.1 cm³/mol. The number of amides is 1. The summed E-state index contributed by atoms with van der Waals surface area (Å²) in [4.78, 5) is 22.7. The van der Waals surface area contributed by atoms with Crippen LogP contribution in [-0.4, -0.2) is 34.5 Å². The SMILES string of the molecule is CCSCC(C)NC(=O)C1CCC(C(=O)O)C1. The van der Waals surface area contributed by atoms with E-state index >= 15 is 0 Å². The molecule has 0 spiro atoms. The number of carboxylic acids is 1. The van der Waals surface area contributed by atoms with Crippen LogP contribution in [0.4, 0.5) is 0 Å². The molecule has 98 valence electrons. The molecule has 1 aliphatic rings. The maximum Gasteiger partial charge on any atom is 0.306 e. The highest BCUT2D eigenvalue weighted by molar-refractivity contribution is 7.99. The summed E-state index contributed by atoms with van der Waals surface area (Å²) in [6, 6.07) is 0.163. The number of hydrogen-bond acceptors (Lipinski definition) is 3. The van der Waals surface area contributed by atoms with Gasteiger partial charge in [0.25, 0.3) is 0 Å². The molecule has 0 aromatic rings. The van der Waals surface area contributed by atoms with Crippen LogP contribution in [0.2, 0.25) is 0 Å². The molecule has 0 aromatic carbocycles. The highest BCUT2D eigenvalue weighted by Gasteiger charge is 2.33. The van der Waals surface area contributed by atoms with Crippen LogP contribution >= 0.6 is 11.8 Å². The van der Waals surface area contributed by atoms with Crippen molar-refractivity contribution in [2.45, 2.75) is 39.2 Å². The lowest BCUT2D eigenvalue weighted by molar-refractivity contribution is -0.141. The summed E-state index contributed by atoms with van der Waals surface area (Å²) in [5.41, 5.74) is 0. The molecule has 5 heteroatoms. The van der Waals surface area contributed by atoms with Crippen molar-refractivity contribution in [1.82, 2.24) is 5.32 Å². The minimum atomic E-state index is -0.769. The van der Waals surface area contributed by atoms with E-state index in [0.29, 0.717) is 19.3 Å². The molecule has 4 nitrogen and oxygen atoms in total. The summed E-state index contributed by atoms with van der Waals surface area (Å²) in [5.74, 6) is 0.784. The van der Waals surface area contributed by atoms with Gasteiger partial charge in [0.1, 0.15) is 0 Å². The topological polar surface area (TPSA) is 66.4 Å². The summed E-state index contributed by atoms with van der Waals surface area (Å²) in [6.45, 7) is 4.08. The van der Waals surface area contributed by atoms with Gasteiger partial charge in [0.15, 0.2) is 0 Å². The fraction of sp³-hybridized carbons (Fsp3) is 0.833. The molecule has 1 rings (SSSR count). The number of carbonyl (C=O) groups excluding carboxylic acids is 1. The molecule has 0 bridgehead atoms. The first-order valence-corrected chi connectivity index (χ1v) is 7.31. The highest BCUT2D eigenvalue weighted by atomic mass is 32.2. The Labute approximate surface area is 107 Å². The van der Waals surface area contributed by atoms with Crippen molar-refractivity contribution < 1.29 is 14.7 Å². The smallest absolute Gasteiger partial charge is 0.306 e. The van der Waals surface area contributed by atoms with Gasteiger partial charge in [-0.1, -0.05) is 6.92 Å². The molecule has 1 aliphatic carbocycles. The largest absolute Gasteiger partial charge is 0.481 e. The van der Waals surface area contributed by atoms with Crippen molar-refractivity contribution in [1.29, 1.82) is 0 Å². The van der Waals surface area contributed by atoms with E-state index in [1.165, 1.54) is 0 Å². The normalized spacial score (nSPS) is 25.5. The van der Waals surface area contributed by atoms with Gasteiger partial charge in [-0.15, -0.1) is 0 Å². The molecule has 0 saturated heterocycles. The quantitative estimate of drug-likeness (QED) is 0.762. The lowest BCUT2D eigenvalue weighted by Crippen LogP contribution is -2.38. The summed E-state index contributed by atoms with van der Waals surface area (Å²) in [7, 11) is 0. The molecule has 0 aromatic heterocycles. The zero-order valence-electron chi connectivity index (χ0n) is 10.4. The number of carbonyl (C=O) groups is 2. The fourth-order valence-electron chi connectivity index (χ4n) is 2.14. The summed E-state index contributed by atoms with van der Waals surface area (Å²) < 4.78 is 0. The molecule has 1 amide bonds. The first-order chi connectivity index (χ1) is 8.04. The molecular formula is C12H21NO3S. The molecule has 0 radical (unpaired) electrons. The Morgan fingerprint density at radius 3 is 2.59 bits per heavy atom. The third kappa shape index (κ3) is 4.58. The van der Waals surface area contributed by atoms with Crippen LogP contribution in [-0.2, 0) is 9.59 Å². The Bertz CT molecular complexity index is 283. The molecule has 2 N–H and O–H groups in total. The van der Waals surface area contributed by atoms with Gasteiger partial charge >= 0.3 is 5.97 Å². The number of rotatable bonds is 6. The number of nitrogens with one attached hydrogen (secondary N) is 1. The van der Waals surface area contributed by atoms with Gasteiger partial charge in [0.2, 0.25) is 5.91 Å². The van der Waals surface area contributed by atoms with Crippen LogP contribution in [0, 0.1) is 11.8 Å². The van der Waals surface area contributed by atoms with Crippen molar-refractivity contribution in [2.24, 2.45) is 11.8 Å². The fourth-order valence-corrected chi connectivity index (χ4v) is 2.81. The van der Waals surface area contributed by atoms with Crippen LogP contribution < -0.4 is 5.32 Å². The number of aliphatic carboxylic acids is 1. The maximum absolute atomic E-state index is 11.9. The van der Waals surface area contributed by atoms with E-state index in [4.69, 9.17) is 5.11 Å². The second-order valence-corrected chi connectivity index (χ2v) is 5.93. The van der Waals surface area contributed by atoms with Gasteiger partial charge in [-0.3, -0.25) is 9.59 Å². The van der Waals surface area contributed by atoms with Crippen molar-refractivity contribution in [3.05, 3.63) is 0 Å². The monoisotopic (exact) mass is 259 g/mol. The molecule has 1 saturated carbocycles. The molecule has 1 fully saturated rings. The Balaban J connectivity index is 2.31. The lowest BCUT2D eigenvalue weighted by atomic mass is 10.0. The van der Waals surface area contributed by atoms with Crippen LogP contribution in [0.1, 0.15) is 33.1 Å². The van der Waals surface area contributed by atoms with E-state index in [2.05, 4.69) is 12.2 Å². The van der Waals surface area contributed by atoms with Gasteiger partial charge in [0, 0.05) is 17.7 Å². The van der Waals surface area contributed by atoms with E-state index in [1.807, 2.05) is 6.92 Å². The van der Waals surface area contributed by atoms with Crippen LogP contribution in [0.5, 0.6) is 0 Å². The van der Waals surface area contributed by atoms with Crippen molar-refractivity contribution in [2.75, 3.05) is 11.5 Å². The zero-order valence-corrected chi connectivity index (χ0v) is 11.3. The van der Waals surface area contributed by atoms with Crippen molar-refractivity contribution in [3.63, 3.8) is 0 Å². The average molecular weight is 259 g/mol. The van der Waals surface area contributed by atoms with E-state index in [0.717, 1.165) is 11.5 Å².